The van der Waals surface area contributed by atoms with Crippen molar-refractivity contribution in [3.05, 3.63) is 70.8 Å². The Balaban J connectivity index is 1.82. The van der Waals surface area contributed by atoms with Gasteiger partial charge in [-0.2, -0.15) is 0 Å². The molecule has 2 unspecified atom stereocenters. The maximum atomic E-state index is 6.50. The van der Waals surface area contributed by atoms with Gasteiger partial charge in [0.2, 0.25) is 0 Å². The quantitative estimate of drug-likeness (QED) is 0.489. The number of fused-ring (bicyclic) bond motifs is 1. The van der Waals surface area contributed by atoms with Crippen LogP contribution in [-0.2, 0) is 11.2 Å². The summed E-state index contributed by atoms with van der Waals surface area (Å²) in [6, 6.07) is 17.5. The molecule has 2 heteroatoms. The topological polar surface area (TPSA) is 9.23 Å². The highest BCUT2D eigenvalue weighted by Crippen LogP contribution is 2.36. The molecule has 0 aromatic heterocycles. The maximum Gasteiger partial charge on any atom is 0.0922 e. The standard InChI is InChI=1S/C19H21IO/c1-14-6-4-9-16(12-14)19(13-20)21-18-11-5-8-15-7-2-3-10-17(15)18/h2-4,6-7,9-10,12,18-19H,5,8,11,13H2,1H3. The van der Waals surface area contributed by atoms with Crippen molar-refractivity contribution in [3.63, 3.8) is 0 Å². The number of alkyl halides is 1. The number of aryl methyl sites for hydroxylation is 2. The second-order valence-electron chi connectivity index (χ2n) is 5.77. The molecule has 0 spiro atoms. The normalized spacial score (nSPS) is 19.0. The van der Waals surface area contributed by atoms with E-state index in [0.29, 0.717) is 0 Å². The molecule has 1 aliphatic rings. The maximum absolute atomic E-state index is 6.50. The SMILES string of the molecule is Cc1cccc(C(CI)OC2CCCc3ccccc32)c1. The summed E-state index contributed by atoms with van der Waals surface area (Å²) in [4.78, 5) is 0. The fraction of sp³-hybridized carbons (Fsp3) is 0.368. The fourth-order valence-corrected chi connectivity index (χ4v) is 3.84. The minimum atomic E-state index is 0.182. The van der Waals surface area contributed by atoms with Gasteiger partial charge >= 0.3 is 0 Å². The van der Waals surface area contributed by atoms with Crippen molar-refractivity contribution in [2.24, 2.45) is 0 Å². The van der Waals surface area contributed by atoms with E-state index in [1.54, 1.807) is 0 Å². The Bertz CT molecular complexity index is 608. The highest BCUT2D eigenvalue weighted by molar-refractivity contribution is 14.1. The van der Waals surface area contributed by atoms with Crippen molar-refractivity contribution in [2.75, 3.05) is 4.43 Å². The molecule has 2 aromatic rings. The van der Waals surface area contributed by atoms with Gasteiger partial charge in [-0.15, -0.1) is 0 Å². The summed E-state index contributed by atoms with van der Waals surface area (Å²) in [5, 5.41) is 0. The van der Waals surface area contributed by atoms with E-state index in [2.05, 4.69) is 78.0 Å². The van der Waals surface area contributed by atoms with Crippen molar-refractivity contribution < 1.29 is 4.74 Å². The fourth-order valence-electron chi connectivity index (χ4n) is 3.12. The first-order valence-corrected chi connectivity index (χ1v) is 9.16. The van der Waals surface area contributed by atoms with E-state index in [1.165, 1.54) is 35.1 Å². The Morgan fingerprint density at radius 3 is 2.86 bits per heavy atom. The third-order valence-corrected chi connectivity index (χ3v) is 5.00. The summed E-state index contributed by atoms with van der Waals surface area (Å²) in [5.74, 6) is 0. The Morgan fingerprint density at radius 2 is 2.05 bits per heavy atom. The first-order valence-electron chi connectivity index (χ1n) is 7.63. The van der Waals surface area contributed by atoms with Gasteiger partial charge in [-0.1, -0.05) is 76.7 Å². The first kappa shape index (κ1) is 15.0. The van der Waals surface area contributed by atoms with Crippen LogP contribution in [-0.4, -0.2) is 4.43 Å². The largest absolute Gasteiger partial charge is 0.365 e. The predicted octanol–water partition coefficient (Wildman–Crippen LogP) is 5.57. The van der Waals surface area contributed by atoms with E-state index < -0.39 is 0 Å². The van der Waals surface area contributed by atoms with E-state index in [4.69, 9.17) is 4.74 Å². The van der Waals surface area contributed by atoms with E-state index in [1.807, 2.05) is 0 Å². The van der Waals surface area contributed by atoms with E-state index in [-0.39, 0.29) is 12.2 Å². The summed E-state index contributed by atoms with van der Waals surface area (Å²) < 4.78 is 7.49. The third-order valence-electron chi connectivity index (χ3n) is 4.20. The minimum absolute atomic E-state index is 0.182. The number of ether oxygens (including phenoxy) is 1. The lowest BCUT2D eigenvalue weighted by atomic mass is 9.89. The molecule has 1 aliphatic carbocycles. The number of rotatable bonds is 4. The molecule has 0 saturated heterocycles. The Kier molecular flexibility index (Phi) is 4.96. The Morgan fingerprint density at radius 1 is 1.19 bits per heavy atom. The lowest BCUT2D eigenvalue weighted by Crippen LogP contribution is -2.16. The molecule has 21 heavy (non-hydrogen) atoms. The second-order valence-corrected chi connectivity index (χ2v) is 6.65. The summed E-state index contributed by atoms with van der Waals surface area (Å²) >= 11 is 2.44. The van der Waals surface area contributed by atoms with E-state index in [9.17, 15) is 0 Å². The number of halogens is 1. The van der Waals surface area contributed by atoms with Crippen LogP contribution in [0.4, 0.5) is 0 Å². The van der Waals surface area contributed by atoms with Crippen molar-refractivity contribution >= 4 is 22.6 Å². The zero-order valence-corrected chi connectivity index (χ0v) is 14.5. The molecule has 2 atom stereocenters. The van der Waals surface area contributed by atoms with Crippen molar-refractivity contribution in [1.82, 2.24) is 0 Å². The van der Waals surface area contributed by atoms with Crippen LogP contribution in [0, 0.1) is 6.92 Å². The van der Waals surface area contributed by atoms with Crippen LogP contribution in [0.15, 0.2) is 48.5 Å². The van der Waals surface area contributed by atoms with E-state index >= 15 is 0 Å². The highest BCUT2D eigenvalue weighted by Gasteiger charge is 2.24. The molecule has 0 aliphatic heterocycles. The van der Waals surface area contributed by atoms with Crippen molar-refractivity contribution in [1.29, 1.82) is 0 Å². The molecule has 0 heterocycles. The molecule has 0 saturated carbocycles. The van der Waals surface area contributed by atoms with Crippen LogP contribution < -0.4 is 0 Å². The summed E-state index contributed by atoms with van der Waals surface area (Å²) in [6.45, 7) is 2.14. The van der Waals surface area contributed by atoms with Gasteiger partial charge in [-0.3, -0.25) is 0 Å². The van der Waals surface area contributed by atoms with Crippen LogP contribution in [0.3, 0.4) is 0 Å². The average Bonchev–Trinajstić information content (AvgIpc) is 2.52. The van der Waals surface area contributed by atoms with Gasteiger partial charge in [0, 0.05) is 4.43 Å². The average molecular weight is 392 g/mol. The van der Waals surface area contributed by atoms with Gasteiger partial charge in [-0.25, -0.2) is 0 Å². The molecular formula is C19H21IO. The lowest BCUT2D eigenvalue weighted by Gasteiger charge is -2.29. The number of hydrogen-bond acceptors (Lipinski definition) is 1. The van der Waals surface area contributed by atoms with Gasteiger partial charge in [-0.05, 0) is 42.9 Å². The molecule has 0 fully saturated rings. The van der Waals surface area contributed by atoms with Crippen LogP contribution in [0.25, 0.3) is 0 Å². The molecule has 3 rings (SSSR count). The summed E-state index contributed by atoms with van der Waals surface area (Å²) in [5.41, 5.74) is 5.46. The van der Waals surface area contributed by atoms with Crippen LogP contribution >= 0.6 is 22.6 Å². The molecule has 0 radical (unpaired) electrons. The van der Waals surface area contributed by atoms with E-state index in [0.717, 1.165) is 10.8 Å². The predicted molar refractivity (Wildman–Crippen MR) is 96.0 cm³/mol. The summed E-state index contributed by atoms with van der Waals surface area (Å²) in [6.07, 6.45) is 3.98. The van der Waals surface area contributed by atoms with Crippen molar-refractivity contribution in [2.45, 2.75) is 38.4 Å². The van der Waals surface area contributed by atoms with Gasteiger partial charge in [0.1, 0.15) is 0 Å². The minimum Gasteiger partial charge on any atom is -0.365 e. The van der Waals surface area contributed by atoms with Crippen LogP contribution in [0.5, 0.6) is 0 Å². The van der Waals surface area contributed by atoms with Crippen LogP contribution in [0.2, 0.25) is 0 Å². The van der Waals surface area contributed by atoms with Gasteiger partial charge in [0.25, 0.3) is 0 Å². The molecule has 0 N–H and O–H groups in total. The molecule has 0 bridgehead atoms. The molecular weight excluding hydrogens is 371 g/mol. The van der Waals surface area contributed by atoms with Gasteiger partial charge in [0.05, 0.1) is 12.2 Å². The monoisotopic (exact) mass is 392 g/mol. The number of benzene rings is 2. The zero-order chi connectivity index (χ0) is 14.7. The molecule has 2 aromatic carbocycles. The summed E-state index contributed by atoms with van der Waals surface area (Å²) in [7, 11) is 0. The van der Waals surface area contributed by atoms with Gasteiger partial charge in [0.15, 0.2) is 0 Å². The second kappa shape index (κ2) is 6.93. The first-order chi connectivity index (χ1) is 10.3. The zero-order valence-electron chi connectivity index (χ0n) is 12.4. The van der Waals surface area contributed by atoms with Crippen molar-refractivity contribution in [3.8, 4) is 0 Å². The molecule has 0 amide bonds. The Labute approximate surface area is 140 Å². The Hall–Kier alpha value is -0.870. The molecule has 110 valence electrons. The number of hydrogen-bond donors (Lipinski definition) is 0. The smallest absolute Gasteiger partial charge is 0.0922 e. The molecule has 1 nitrogen and oxygen atoms in total. The lowest BCUT2D eigenvalue weighted by molar-refractivity contribution is -0.0101. The highest BCUT2D eigenvalue weighted by atomic mass is 127. The van der Waals surface area contributed by atoms with Crippen LogP contribution in [0.1, 0.15) is 47.3 Å². The third kappa shape index (κ3) is 3.49. The van der Waals surface area contributed by atoms with Gasteiger partial charge < -0.3 is 4.74 Å².